The van der Waals surface area contributed by atoms with Crippen molar-refractivity contribution in [2.24, 2.45) is 0 Å². The molecule has 1 heterocycles. The van der Waals surface area contributed by atoms with Crippen molar-refractivity contribution in [2.75, 3.05) is 0 Å². The molecule has 1 aromatic carbocycles. The first kappa shape index (κ1) is 11.5. The fourth-order valence-electron chi connectivity index (χ4n) is 1.39. The van der Waals surface area contributed by atoms with E-state index >= 15 is 0 Å². The summed E-state index contributed by atoms with van der Waals surface area (Å²) < 4.78 is 1.72. The van der Waals surface area contributed by atoms with Gasteiger partial charge in [-0.15, -0.1) is 0 Å². The topological polar surface area (TPSA) is 28.7 Å². The SMILES string of the molecule is Cc1[nH]c(-c2ccc(Br)cc2)nc(=S)c1C. The van der Waals surface area contributed by atoms with Gasteiger partial charge in [-0.2, -0.15) is 0 Å². The number of aromatic nitrogens is 2. The van der Waals surface area contributed by atoms with Crippen LogP contribution in [0.3, 0.4) is 0 Å². The monoisotopic (exact) mass is 294 g/mol. The van der Waals surface area contributed by atoms with Crippen LogP contribution < -0.4 is 0 Å². The summed E-state index contributed by atoms with van der Waals surface area (Å²) in [6.07, 6.45) is 0. The van der Waals surface area contributed by atoms with Gasteiger partial charge in [0.1, 0.15) is 10.5 Å². The lowest BCUT2D eigenvalue weighted by molar-refractivity contribution is 1.06. The number of hydrogen-bond acceptors (Lipinski definition) is 2. The van der Waals surface area contributed by atoms with E-state index in [0.29, 0.717) is 4.64 Å². The minimum absolute atomic E-state index is 0.661. The van der Waals surface area contributed by atoms with Gasteiger partial charge in [-0.25, -0.2) is 4.98 Å². The molecule has 0 saturated heterocycles. The van der Waals surface area contributed by atoms with Crippen LogP contribution >= 0.6 is 28.1 Å². The number of nitrogens with zero attached hydrogens (tertiary/aromatic N) is 1. The molecule has 0 bridgehead atoms. The summed E-state index contributed by atoms with van der Waals surface area (Å²) in [5.74, 6) is 0.820. The third-order valence-electron chi connectivity index (χ3n) is 2.52. The second kappa shape index (κ2) is 4.47. The Morgan fingerprint density at radius 2 is 1.81 bits per heavy atom. The number of hydrogen-bond donors (Lipinski definition) is 1. The van der Waals surface area contributed by atoms with E-state index in [9.17, 15) is 0 Å². The number of nitrogens with one attached hydrogen (secondary N) is 1. The van der Waals surface area contributed by atoms with E-state index in [1.807, 2.05) is 38.1 Å². The summed E-state index contributed by atoms with van der Waals surface area (Å²) in [6, 6.07) is 7.99. The quantitative estimate of drug-likeness (QED) is 0.799. The van der Waals surface area contributed by atoms with Crippen molar-refractivity contribution in [1.29, 1.82) is 0 Å². The molecule has 0 amide bonds. The molecule has 2 aromatic rings. The molecule has 2 nitrogen and oxygen atoms in total. The van der Waals surface area contributed by atoms with E-state index < -0.39 is 0 Å². The van der Waals surface area contributed by atoms with Crippen molar-refractivity contribution in [3.63, 3.8) is 0 Å². The minimum Gasteiger partial charge on any atom is -0.343 e. The molecule has 0 fully saturated rings. The van der Waals surface area contributed by atoms with Gasteiger partial charge in [0.05, 0.1) is 0 Å². The molecule has 0 radical (unpaired) electrons. The Labute approximate surface area is 108 Å². The summed E-state index contributed by atoms with van der Waals surface area (Å²) in [5.41, 5.74) is 3.14. The van der Waals surface area contributed by atoms with Gasteiger partial charge in [-0.3, -0.25) is 0 Å². The highest BCUT2D eigenvalue weighted by molar-refractivity contribution is 9.10. The van der Waals surface area contributed by atoms with Crippen molar-refractivity contribution in [1.82, 2.24) is 9.97 Å². The third-order valence-corrected chi connectivity index (χ3v) is 3.45. The number of aryl methyl sites for hydroxylation is 1. The van der Waals surface area contributed by atoms with Gasteiger partial charge in [0, 0.05) is 21.3 Å². The molecule has 0 unspecified atom stereocenters. The molecular formula is C12H11BrN2S. The highest BCUT2D eigenvalue weighted by Gasteiger charge is 2.03. The van der Waals surface area contributed by atoms with Crippen LogP contribution in [0.15, 0.2) is 28.7 Å². The summed E-state index contributed by atoms with van der Waals surface area (Å²) in [4.78, 5) is 7.64. The first-order chi connectivity index (χ1) is 7.58. The van der Waals surface area contributed by atoms with Gasteiger partial charge in [0.2, 0.25) is 0 Å². The van der Waals surface area contributed by atoms with E-state index in [1.54, 1.807) is 0 Å². The predicted octanol–water partition coefficient (Wildman–Crippen LogP) is 4.19. The second-order valence-corrected chi connectivity index (χ2v) is 4.95. The Bertz CT molecular complexity index is 573. The fraction of sp³-hybridized carbons (Fsp3) is 0.167. The Kier molecular flexibility index (Phi) is 3.21. The van der Waals surface area contributed by atoms with Crippen LogP contribution in [0.2, 0.25) is 0 Å². The molecule has 0 spiro atoms. The molecule has 0 aliphatic rings. The molecule has 82 valence electrons. The van der Waals surface area contributed by atoms with E-state index in [1.165, 1.54) is 0 Å². The Balaban J connectivity index is 2.57. The van der Waals surface area contributed by atoms with Gasteiger partial charge in [-0.05, 0) is 26.0 Å². The molecule has 0 aliphatic heterocycles. The van der Waals surface area contributed by atoms with Crippen LogP contribution in [-0.4, -0.2) is 9.97 Å². The fourth-order valence-corrected chi connectivity index (χ4v) is 1.90. The summed E-state index contributed by atoms with van der Waals surface area (Å²) in [7, 11) is 0. The molecule has 0 saturated carbocycles. The molecule has 2 rings (SSSR count). The van der Waals surface area contributed by atoms with Gasteiger partial charge in [-0.1, -0.05) is 40.3 Å². The van der Waals surface area contributed by atoms with Crippen molar-refractivity contribution >= 4 is 28.1 Å². The molecule has 0 atom stereocenters. The van der Waals surface area contributed by atoms with E-state index in [2.05, 4.69) is 25.9 Å². The molecule has 4 heteroatoms. The number of H-pyrrole nitrogens is 1. The highest BCUT2D eigenvalue weighted by atomic mass is 79.9. The maximum atomic E-state index is 5.21. The van der Waals surface area contributed by atoms with E-state index in [0.717, 1.165) is 27.1 Å². The lowest BCUT2D eigenvalue weighted by Gasteiger charge is -2.05. The van der Waals surface area contributed by atoms with Crippen LogP contribution in [0.25, 0.3) is 11.4 Å². The van der Waals surface area contributed by atoms with Crippen molar-refractivity contribution in [2.45, 2.75) is 13.8 Å². The standard InChI is InChI=1S/C12H11BrN2S/c1-7-8(2)14-11(15-12(7)16)9-3-5-10(13)6-4-9/h3-6H,1-2H3,(H,14,15,16). The molecule has 1 N–H and O–H groups in total. The van der Waals surface area contributed by atoms with Crippen molar-refractivity contribution in [3.8, 4) is 11.4 Å². The number of rotatable bonds is 1. The Morgan fingerprint density at radius 3 is 2.38 bits per heavy atom. The molecular weight excluding hydrogens is 284 g/mol. The zero-order valence-electron chi connectivity index (χ0n) is 9.04. The number of benzene rings is 1. The maximum Gasteiger partial charge on any atom is 0.139 e. The molecule has 1 aromatic heterocycles. The second-order valence-electron chi connectivity index (χ2n) is 3.65. The van der Waals surface area contributed by atoms with Gasteiger partial charge >= 0.3 is 0 Å². The number of aromatic amines is 1. The zero-order chi connectivity index (χ0) is 11.7. The van der Waals surface area contributed by atoms with Gasteiger partial charge < -0.3 is 4.98 Å². The van der Waals surface area contributed by atoms with Crippen LogP contribution in [0.4, 0.5) is 0 Å². The minimum atomic E-state index is 0.661. The van der Waals surface area contributed by atoms with Crippen LogP contribution in [0, 0.1) is 18.5 Å². The smallest absolute Gasteiger partial charge is 0.139 e. The van der Waals surface area contributed by atoms with Crippen LogP contribution in [0.1, 0.15) is 11.3 Å². The van der Waals surface area contributed by atoms with Crippen molar-refractivity contribution in [3.05, 3.63) is 44.6 Å². The molecule has 16 heavy (non-hydrogen) atoms. The van der Waals surface area contributed by atoms with Crippen LogP contribution in [-0.2, 0) is 0 Å². The first-order valence-corrected chi connectivity index (χ1v) is 6.11. The number of halogens is 1. The van der Waals surface area contributed by atoms with E-state index in [-0.39, 0.29) is 0 Å². The summed E-state index contributed by atoms with van der Waals surface area (Å²) in [5, 5.41) is 0. The summed E-state index contributed by atoms with van der Waals surface area (Å²) >= 11 is 8.62. The average molecular weight is 295 g/mol. The lowest BCUT2D eigenvalue weighted by atomic mass is 10.2. The zero-order valence-corrected chi connectivity index (χ0v) is 11.4. The third kappa shape index (κ3) is 2.23. The van der Waals surface area contributed by atoms with Gasteiger partial charge in [0.25, 0.3) is 0 Å². The van der Waals surface area contributed by atoms with Crippen molar-refractivity contribution < 1.29 is 0 Å². The normalized spacial score (nSPS) is 10.4. The lowest BCUT2D eigenvalue weighted by Crippen LogP contribution is -1.96. The largest absolute Gasteiger partial charge is 0.343 e. The highest BCUT2D eigenvalue weighted by Crippen LogP contribution is 2.19. The predicted molar refractivity (Wildman–Crippen MR) is 72.0 cm³/mol. The molecule has 0 aliphatic carbocycles. The maximum absolute atomic E-state index is 5.21. The summed E-state index contributed by atoms with van der Waals surface area (Å²) in [6.45, 7) is 3.99. The average Bonchev–Trinajstić information content (AvgIpc) is 2.26. The first-order valence-electron chi connectivity index (χ1n) is 4.91. The Morgan fingerprint density at radius 1 is 1.19 bits per heavy atom. The van der Waals surface area contributed by atoms with Gasteiger partial charge in [0.15, 0.2) is 0 Å². The van der Waals surface area contributed by atoms with Crippen LogP contribution in [0.5, 0.6) is 0 Å². The Hall–Kier alpha value is -1.00. The van der Waals surface area contributed by atoms with E-state index in [4.69, 9.17) is 12.2 Å².